The Morgan fingerprint density at radius 2 is 1.87 bits per heavy atom. The Labute approximate surface area is 83.5 Å². The lowest BCUT2D eigenvalue weighted by Gasteiger charge is -2.07. The van der Waals surface area contributed by atoms with Gasteiger partial charge in [0.1, 0.15) is 0 Å². The molecule has 0 unspecified atom stereocenters. The number of fused-ring (bicyclic) bond motifs is 1. The Balaban J connectivity index is 2.62. The Morgan fingerprint density at radius 1 is 1.13 bits per heavy atom. The molecule has 0 radical (unpaired) electrons. The van der Waals surface area contributed by atoms with E-state index in [1.165, 1.54) is 12.1 Å². The molecule has 2 aromatic rings. The highest BCUT2D eigenvalue weighted by atomic mass is 19.4. The molecule has 5 heteroatoms. The molecule has 0 aliphatic heterocycles. The summed E-state index contributed by atoms with van der Waals surface area (Å²) in [6, 6.07) is 5.66. The first-order chi connectivity index (χ1) is 6.97. The Hall–Kier alpha value is -1.78. The van der Waals surface area contributed by atoms with Crippen LogP contribution in [0.4, 0.5) is 18.9 Å². The van der Waals surface area contributed by atoms with Gasteiger partial charge in [0.15, 0.2) is 0 Å². The summed E-state index contributed by atoms with van der Waals surface area (Å²) in [4.78, 5) is 3.71. The predicted octanol–water partition coefficient (Wildman–Crippen LogP) is 2.84. The van der Waals surface area contributed by atoms with Crippen molar-refractivity contribution in [3.8, 4) is 0 Å². The molecule has 1 heterocycles. The van der Waals surface area contributed by atoms with Gasteiger partial charge in [0, 0.05) is 17.3 Å². The van der Waals surface area contributed by atoms with Gasteiger partial charge in [-0.15, -0.1) is 0 Å². The monoisotopic (exact) mass is 212 g/mol. The van der Waals surface area contributed by atoms with Crippen LogP contribution in [0.1, 0.15) is 5.56 Å². The van der Waals surface area contributed by atoms with E-state index in [0.29, 0.717) is 16.6 Å². The highest BCUT2D eigenvalue weighted by Gasteiger charge is 2.30. The number of rotatable bonds is 0. The van der Waals surface area contributed by atoms with E-state index in [9.17, 15) is 13.2 Å². The molecule has 0 amide bonds. The van der Waals surface area contributed by atoms with Gasteiger partial charge in [0.25, 0.3) is 0 Å². The highest BCUT2D eigenvalue weighted by Crippen LogP contribution is 2.30. The van der Waals surface area contributed by atoms with Crippen molar-refractivity contribution in [3.05, 3.63) is 36.0 Å². The van der Waals surface area contributed by atoms with Crippen LogP contribution in [0.3, 0.4) is 0 Å². The van der Waals surface area contributed by atoms with Crippen molar-refractivity contribution in [2.75, 3.05) is 5.73 Å². The lowest BCUT2D eigenvalue weighted by Crippen LogP contribution is -2.05. The summed E-state index contributed by atoms with van der Waals surface area (Å²) in [5.74, 6) is 0. The molecule has 1 aromatic carbocycles. The molecule has 2 rings (SSSR count). The molecule has 0 saturated carbocycles. The van der Waals surface area contributed by atoms with Gasteiger partial charge in [0.2, 0.25) is 0 Å². The van der Waals surface area contributed by atoms with Gasteiger partial charge in [-0.05, 0) is 18.2 Å². The fraction of sp³-hybridized carbons (Fsp3) is 0.100. The molecule has 0 saturated heterocycles. The molecule has 0 aliphatic rings. The molecule has 78 valence electrons. The van der Waals surface area contributed by atoms with Crippen molar-refractivity contribution >= 4 is 16.6 Å². The van der Waals surface area contributed by atoms with E-state index in [0.717, 1.165) is 12.3 Å². The van der Waals surface area contributed by atoms with Crippen molar-refractivity contribution in [1.29, 1.82) is 0 Å². The smallest absolute Gasteiger partial charge is 0.399 e. The predicted molar refractivity (Wildman–Crippen MR) is 51.2 cm³/mol. The van der Waals surface area contributed by atoms with Crippen LogP contribution < -0.4 is 5.73 Å². The van der Waals surface area contributed by atoms with E-state index < -0.39 is 11.7 Å². The third-order valence-electron chi connectivity index (χ3n) is 2.04. The van der Waals surface area contributed by atoms with E-state index in [1.807, 2.05) is 0 Å². The van der Waals surface area contributed by atoms with Crippen LogP contribution in [0.5, 0.6) is 0 Å². The second kappa shape index (κ2) is 3.12. The minimum atomic E-state index is -4.36. The molecular formula is C10H7F3N2. The fourth-order valence-corrected chi connectivity index (χ4v) is 1.29. The summed E-state index contributed by atoms with van der Waals surface area (Å²) in [7, 11) is 0. The number of halogens is 3. The van der Waals surface area contributed by atoms with Crippen LogP contribution in [-0.4, -0.2) is 4.98 Å². The molecule has 0 bridgehead atoms. The average molecular weight is 212 g/mol. The van der Waals surface area contributed by atoms with E-state index in [2.05, 4.69) is 4.98 Å². The Morgan fingerprint density at radius 3 is 2.53 bits per heavy atom. The number of nitrogens with two attached hydrogens (primary N) is 1. The van der Waals surface area contributed by atoms with Crippen LogP contribution in [-0.2, 0) is 6.18 Å². The molecule has 2 N–H and O–H groups in total. The Bertz CT molecular complexity index is 505. The lowest BCUT2D eigenvalue weighted by molar-refractivity contribution is -0.137. The zero-order chi connectivity index (χ0) is 11.1. The first-order valence-corrected chi connectivity index (χ1v) is 4.19. The number of benzene rings is 1. The number of hydrogen-bond donors (Lipinski definition) is 1. The van der Waals surface area contributed by atoms with Crippen LogP contribution in [0.15, 0.2) is 30.5 Å². The topological polar surface area (TPSA) is 38.9 Å². The van der Waals surface area contributed by atoms with Gasteiger partial charge in [-0.1, -0.05) is 6.07 Å². The summed E-state index contributed by atoms with van der Waals surface area (Å²) < 4.78 is 37.0. The molecular weight excluding hydrogens is 205 g/mol. The van der Waals surface area contributed by atoms with Gasteiger partial charge in [-0.25, -0.2) is 0 Å². The summed E-state index contributed by atoms with van der Waals surface area (Å²) in [5, 5.41) is 0.430. The summed E-state index contributed by atoms with van der Waals surface area (Å²) >= 11 is 0. The van der Waals surface area contributed by atoms with Crippen LogP contribution in [0.2, 0.25) is 0 Å². The molecule has 0 fully saturated rings. The fourth-order valence-electron chi connectivity index (χ4n) is 1.29. The standard InChI is InChI=1S/C10H7F3N2/c11-10(12,13)7-3-6-1-2-8(14)4-9(6)15-5-7/h1-5H,14H2. The average Bonchev–Trinajstić information content (AvgIpc) is 2.15. The van der Waals surface area contributed by atoms with Gasteiger partial charge >= 0.3 is 6.18 Å². The van der Waals surface area contributed by atoms with E-state index >= 15 is 0 Å². The summed E-state index contributed by atoms with van der Waals surface area (Å²) in [6.07, 6.45) is -3.55. The number of hydrogen-bond acceptors (Lipinski definition) is 2. The van der Waals surface area contributed by atoms with Crippen molar-refractivity contribution < 1.29 is 13.2 Å². The maximum absolute atomic E-state index is 12.3. The molecule has 0 spiro atoms. The number of nitrogens with zero attached hydrogens (tertiary/aromatic N) is 1. The van der Waals surface area contributed by atoms with Crippen molar-refractivity contribution in [1.82, 2.24) is 4.98 Å². The normalized spacial score (nSPS) is 11.9. The largest absolute Gasteiger partial charge is 0.417 e. The second-order valence-electron chi connectivity index (χ2n) is 3.17. The van der Waals surface area contributed by atoms with Crippen molar-refractivity contribution in [2.45, 2.75) is 6.18 Å². The second-order valence-corrected chi connectivity index (χ2v) is 3.17. The maximum atomic E-state index is 12.3. The summed E-state index contributed by atoms with van der Waals surface area (Å²) in [5.41, 5.74) is 5.68. The third-order valence-corrected chi connectivity index (χ3v) is 2.04. The minimum absolute atomic E-state index is 0.430. The van der Waals surface area contributed by atoms with E-state index in [-0.39, 0.29) is 0 Å². The number of pyridine rings is 1. The molecule has 1 aromatic heterocycles. The number of anilines is 1. The zero-order valence-corrected chi connectivity index (χ0v) is 7.55. The summed E-state index contributed by atoms with van der Waals surface area (Å²) in [6.45, 7) is 0. The maximum Gasteiger partial charge on any atom is 0.417 e. The van der Waals surface area contributed by atoms with E-state index in [1.54, 1.807) is 6.07 Å². The van der Waals surface area contributed by atoms with Crippen LogP contribution in [0.25, 0.3) is 10.9 Å². The SMILES string of the molecule is Nc1ccc2cc(C(F)(F)F)cnc2c1. The molecule has 0 atom stereocenters. The van der Waals surface area contributed by atoms with Gasteiger partial charge < -0.3 is 5.73 Å². The number of alkyl halides is 3. The highest BCUT2D eigenvalue weighted by molar-refractivity contribution is 5.82. The zero-order valence-electron chi connectivity index (χ0n) is 7.55. The Kier molecular flexibility index (Phi) is 2.03. The van der Waals surface area contributed by atoms with Gasteiger partial charge in [0.05, 0.1) is 11.1 Å². The molecule has 2 nitrogen and oxygen atoms in total. The van der Waals surface area contributed by atoms with Gasteiger partial charge in [-0.2, -0.15) is 13.2 Å². The number of nitrogen functional groups attached to an aromatic ring is 1. The third kappa shape index (κ3) is 1.86. The quantitative estimate of drug-likeness (QED) is 0.682. The first-order valence-electron chi connectivity index (χ1n) is 4.19. The van der Waals surface area contributed by atoms with Crippen molar-refractivity contribution in [3.63, 3.8) is 0 Å². The molecule has 0 aliphatic carbocycles. The van der Waals surface area contributed by atoms with Crippen molar-refractivity contribution in [2.24, 2.45) is 0 Å². The molecule has 15 heavy (non-hydrogen) atoms. The van der Waals surface area contributed by atoms with Crippen LogP contribution in [0, 0.1) is 0 Å². The number of aromatic nitrogens is 1. The van der Waals surface area contributed by atoms with E-state index in [4.69, 9.17) is 5.73 Å². The van der Waals surface area contributed by atoms with Gasteiger partial charge in [-0.3, -0.25) is 4.98 Å². The first kappa shape index (κ1) is 9.76. The minimum Gasteiger partial charge on any atom is -0.399 e. The lowest BCUT2D eigenvalue weighted by atomic mass is 10.1. The van der Waals surface area contributed by atoms with Crippen LogP contribution >= 0.6 is 0 Å².